The van der Waals surface area contributed by atoms with Gasteiger partial charge in [-0.2, -0.15) is 0 Å². The lowest BCUT2D eigenvalue weighted by molar-refractivity contribution is 0.0723. The zero-order valence-corrected chi connectivity index (χ0v) is 17.9. The lowest BCUT2D eigenvalue weighted by Gasteiger charge is -2.23. The minimum atomic E-state index is -0.206. The molecule has 1 N–H and O–H groups in total. The van der Waals surface area contributed by atoms with E-state index < -0.39 is 0 Å². The standard InChI is InChI=1S/C25H27N3O3/c1-19-9-10-22(17-23(19)27-24(29)21-7-4-3-5-8-21)25(30)28(15-6-16-31-2)18-20-11-13-26-14-12-20/h3-5,7-14,17H,6,15-16,18H2,1-2H3,(H,27,29). The summed E-state index contributed by atoms with van der Waals surface area (Å²) in [4.78, 5) is 31.7. The van der Waals surface area contributed by atoms with Crippen LogP contribution in [-0.2, 0) is 11.3 Å². The molecule has 0 fully saturated rings. The van der Waals surface area contributed by atoms with E-state index >= 15 is 0 Å². The summed E-state index contributed by atoms with van der Waals surface area (Å²) < 4.78 is 5.15. The van der Waals surface area contributed by atoms with E-state index in [1.807, 2.05) is 43.3 Å². The molecule has 0 spiro atoms. The Morgan fingerprint density at radius 2 is 1.74 bits per heavy atom. The average molecular weight is 418 g/mol. The van der Waals surface area contributed by atoms with Crippen molar-refractivity contribution in [2.24, 2.45) is 0 Å². The smallest absolute Gasteiger partial charge is 0.255 e. The molecule has 31 heavy (non-hydrogen) atoms. The van der Waals surface area contributed by atoms with Crippen molar-refractivity contribution >= 4 is 17.5 Å². The van der Waals surface area contributed by atoms with Crippen molar-refractivity contribution in [3.8, 4) is 0 Å². The SMILES string of the molecule is COCCCN(Cc1ccncc1)C(=O)c1ccc(C)c(NC(=O)c2ccccc2)c1. The molecule has 3 rings (SSSR count). The van der Waals surface area contributed by atoms with E-state index in [4.69, 9.17) is 4.74 Å². The number of amides is 2. The Kier molecular flexibility index (Phi) is 7.90. The monoisotopic (exact) mass is 417 g/mol. The third-order valence-corrected chi connectivity index (χ3v) is 4.96. The fourth-order valence-corrected chi connectivity index (χ4v) is 3.22. The highest BCUT2D eigenvalue weighted by molar-refractivity contribution is 6.05. The number of rotatable bonds is 9. The number of hydrogen-bond donors (Lipinski definition) is 1. The predicted octanol–water partition coefficient (Wildman–Crippen LogP) is 4.32. The van der Waals surface area contributed by atoms with Crippen molar-refractivity contribution in [2.75, 3.05) is 25.6 Å². The molecule has 0 bridgehead atoms. The Labute approximate surface area is 182 Å². The summed E-state index contributed by atoms with van der Waals surface area (Å²) in [6, 6.07) is 18.2. The topological polar surface area (TPSA) is 71.5 Å². The number of nitrogens with zero attached hydrogens (tertiary/aromatic N) is 2. The van der Waals surface area contributed by atoms with Gasteiger partial charge in [0, 0.05) is 56.0 Å². The molecule has 3 aromatic rings. The molecule has 0 atom stereocenters. The second kappa shape index (κ2) is 11.0. The normalized spacial score (nSPS) is 10.5. The van der Waals surface area contributed by atoms with Crippen LogP contribution in [0.1, 0.15) is 38.3 Å². The number of nitrogens with one attached hydrogen (secondary N) is 1. The third kappa shape index (κ3) is 6.23. The third-order valence-electron chi connectivity index (χ3n) is 4.96. The fourth-order valence-electron chi connectivity index (χ4n) is 3.22. The number of aryl methyl sites for hydroxylation is 1. The van der Waals surface area contributed by atoms with Crippen LogP contribution in [-0.4, -0.2) is 42.0 Å². The molecule has 2 aromatic carbocycles. The van der Waals surface area contributed by atoms with Crippen LogP contribution in [0.25, 0.3) is 0 Å². The molecule has 0 aliphatic carbocycles. The molecule has 0 unspecified atom stereocenters. The van der Waals surface area contributed by atoms with Gasteiger partial charge in [0.1, 0.15) is 0 Å². The van der Waals surface area contributed by atoms with Gasteiger partial charge in [0.2, 0.25) is 0 Å². The van der Waals surface area contributed by atoms with Crippen molar-refractivity contribution in [2.45, 2.75) is 19.9 Å². The first-order chi connectivity index (χ1) is 15.1. The van der Waals surface area contributed by atoms with Crippen molar-refractivity contribution in [1.29, 1.82) is 0 Å². The van der Waals surface area contributed by atoms with Crippen LogP contribution in [0.15, 0.2) is 73.1 Å². The van der Waals surface area contributed by atoms with E-state index in [-0.39, 0.29) is 11.8 Å². The van der Waals surface area contributed by atoms with Gasteiger partial charge in [-0.1, -0.05) is 24.3 Å². The molecule has 0 saturated carbocycles. The summed E-state index contributed by atoms with van der Waals surface area (Å²) in [6.07, 6.45) is 4.17. The molecule has 160 valence electrons. The minimum absolute atomic E-state index is 0.0943. The second-order valence-electron chi connectivity index (χ2n) is 7.28. The molecule has 2 amide bonds. The predicted molar refractivity (Wildman–Crippen MR) is 121 cm³/mol. The van der Waals surface area contributed by atoms with E-state index in [0.717, 1.165) is 17.5 Å². The van der Waals surface area contributed by atoms with Crippen LogP contribution in [0.4, 0.5) is 5.69 Å². The van der Waals surface area contributed by atoms with Gasteiger partial charge in [-0.15, -0.1) is 0 Å². The Hall–Kier alpha value is -3.51. The Bertz CT molecular complexity index is 1010. The quantitative estimate of drug-likeness (QED) is 0.526. The van der Waals surface area contributed by atoms with E-state index in [2.05, 4.69) is 10.3 Å². The highest BCUT2D eigenvalue weighted by atomic mass is 16.5. The lowest BCUT2D eigenvalue weighted by Crippen LogP contribution is -2.32. The van der Waals surface area contributed by atoms with Crippen LogP contribution >= 0.6 is 0 Å². The molecule has 0 aliphatic rings. The number of anilines is 1. The zero-order chi connectivity index (χ0) is 22.1. The van der Waals surface area contributed by atoms with Crippen molar-refractivity contribution in [3.63, 3.8) is 0 Å². The van der Waals surface area contributed by atoms with Gasteiger partial charge in [0.15, 0.2) is 0 Å². The molecular formula is C25H27N3O3. The van der Waals surface area contributed by atoms with E-state index in [1.165, 1.54) is 0 Å². The number of aromatic nitrogens is 1. The van der Waals surface area contributed by atoms with E-state index in [9.17, 15) is 9.59 Å². The molecule has 0 radical (unpaired) electrons. The second-order valence-corrected chi connectivity index (χ2v) is 7.28. The Balaban J connectivity index is 1.80. The van der Waals surface area contributed by atoms with Gasteiger partial charge in [-0.25, -0.2) is 0 Å². The van der Waals surface area contributed by atoms with Gasteiger partial charge >= 0.3 is 0 Å². The van der Waals surface area contributed by atoms with Crippen LogP contribution in [0.3, 0.4) is 0 Å². The highest BCUT2D eigenvalue weighted by Gasteiger charge is 2.18. The number of ether oxygens (including phenoxy) is 1. The van der Waals surface area contributed by atoms with Crippen LogP contribution < -0.4 is 5.32 Å². The van der Waals surface area contributed by atoms with E-state index in [1.54, 1.807) is 48.7 Å². The molecule has 1 aromatic heterocycles. The molecule has 6 nitrogen and oxygen atoms in total. The first kappa shape index (κ1) is 22.2. The number of methoxy groups -OCH3 is 1. The summed E-state index contributed by atoms with van der Waals surface area (Å²) in [5.41, 5.74) is 3.62. The number of carbonyl (C=O) groups is 2. The maximum atomic E-state index is 13.3. The van der Waals surface area contributed by atoms with Crippen molar-refractivity contribution in [1.82, 2.24) is 9.88 Å². The maximum absolute atomic E-state index is 13.3. The van der Waals surface area contributed by atoms with Gasteiger partial charge in [0.25, 0.3) is 11.8 Å². The minimum Gasteiger partial charge on any atom is -0.385 e. The summed E-state index contributed by atoms with van der Waals surface area (Å²) in [6.45, 7) is 3.52. The Morgan fingerprint density at radius 3 is 2.45 bits per heavy atom. The van der Waals surface area contributed by atoms with E-state index in [0.29, 0.717) is 36.5 Å². The highest BCUT2D eigenvalue weighted by Crippen LogP contribution is 2.20. The average Bonchev–Trinajstić information content (AvgIpc) is 2.80. The summed E-state index contributed by atoms with van der Waals surface area (Å²) in [5, 5.41) is 2.92. The van der Waals surface area contributed by atoms with Crippen molar-refractivity contribution in [3.05, 3.63) is 95.3 Å². The summed E-state index contributed by atoms with van der Waals surface area (Å²) in [5.74, 6) is -0.301. The molecule has 6 heteroatoms. The molecular weight excluding hydrogens is 390 g/mol. The zero-order valence-electron chi connectivity index (χ0n) is 17.9. The number of carbonyl (C=O) groups excluding carboxylic acids is 2. The maximum Gasteiger partial charge on any atom is 0.255 e. The van der Waals surface area contributed by atoms with Gasteiger partial charge < -0.3 is 15.0 Å². The van der Waals surface area contributed by atoms with Crippen LogP contribution in [0, 0.1) is 6.92 Å². The molecule has 1 heterocycles. The van der Waals surface area contributed by atoms with Crippen LogP contribution in [0.5, 0.6) is 0 Å². The first-order valence-electron chi connectivity index (χ1n) is 10.2. The summed E-state index contributed by atoms with van der Waals surface area (Å²) >= 11 is 0. The van der Waals surface area contributed by atoms with Crippen LogP contribution in [0.2, 0.25) is 0 Å². The number of benzene rings is 2. The van der Waals surface area contributed by atoms with Gasteiger partial charge in [0.05, 0.1) is 0 Å². The molecule has 0 aliphatic heterocycles. The number of pyridine rings is 1. The van der Waals surface area contributed by atoms with Crippen molar-refractivity contribution < 1.29 is 14.3 Å². The van der Waals surface area contributed by atoms with Gasteiger partial charge in [-0.05, 0) is 60.9 Å². The molecule has 0 saturated heterocycles. The Morgan fingerprint density at radius 1 is 1.00 bits per heavy atom. The summed E-state index contributed by atoms with van der Waals surface area (Å²) in [7, 11) is 1.65. The first-order valence-corrected chi connectivity index (χ1v) is 10.2. The largest absolute Gasteiger partial charge is 0.385 e. The van der Waals surface area contributed by atoms with Gasteiger partial charge in [-0.3, -0.25) is 14.6 Å². The number of hydrogen-bond acceptors (Lipinski definition) is 4. The fraction of sp³-hybridized carbons (Fsp3) is 0.240. The lowest BCUT2D eigenvalue weighted by atomic mass is 10.1.